The largest absolute Gasteiger partial charge is 0.313 e. The highest BCUT2D eigenvalue weighted by atomic mass is 32.2. The number of nitrogens with one attached hydrogen (secondary N) is 2. The van der Waals surface area contributed by atoms with Gasteiger partial charge >= 0.3 is 0 Å². The van der Waals surface area contributed by atoms with E-state index in [1.807, 2.05) is 32.9 Å². The maximum Gasteiger partial charge on any atom is 0.241 e. The molecule has 1 atom stereocenters. The van der Waals surface area contributed by atoms with Crippen LogP contribution in [0, 0.1) is 12.8 Å². The number of hydrogen-bond donors (Lipinski definition) is 2. The Morgan fingerprint density at radius 3 is 2.43 bits per heavy atom. The summed E-state index contributed by atoms with van der Waals surface area (Å²) >= 11 is 0. The lowest BCUT2D eigenvalue weighted by Gasteiger charge is -2.17. The highest BCUT2D eigenvalue weighted by Gasteiger charge is 2.20. The van der Waals surface area contributed by atoms with Crippen molar-refractivity contribution in [3.05, 3.63) is 29.3 Å². The summed E-state index contributed by atoms with van der Waals surface area (Å²) < 4.78 is 27.9. The van der Waals surface area contributed by atoms with Gasteiger partial charge in [-0.2, -0.15) is 0 Å². The fourth-order valence-electron chi connectivity index (χ4n) is 2.40. The van der Waals surface area contributed by atoms with Gasteiger partial charge in [0, 0.05) is 12.6 Å². The Labute approximate surface area is 129 Å². The second-order valence-electron chi connectivity index (χ2n) is 6.03. The fourth-order valence-corrected chi connectivity index (χ4v) is 3.95. The zero-order chi connectivity index (χ0) is 16.0. The molecule has 0 aliphatic carbocycles. The van der Waals surface area contributed by atoms with Gasteiger partial charge in [0.15, 0.2) is 0 Å². The molecule has 0 bridgehead atoms. The van der Waals surface area contributed by atoms with E-state index in [9.17, 15) is 8.42 Å². The predicted molar refractivity (Wildman–Crippen MR) is 87.8 cm³/mol. The number of rotatable bonds is 8. The first kappa shape index (κ1) is 18.1. The van der Waals surface area contributed by atoms with Crippen molar-refractivity contribution in [3.63, 3.8) is 0 Å². The minimum atomic E-state index is -3.46. The Kier molecular flexibility index (Phi) is 6.84. The second kappa shape index (κ2) is 7.92. The Morgan fingerprint density at radius 1 is 1.19 bits per heavy atom. The molecule has 0 saturated carbocycles. The van der Waals surface area contributed by atoms with Crippen LogP contribution in [0.4, 0.5) is 0 Å². The average molecular weight is 312 g/mol. The van der Waals surface area contributed by atoms with E-state index < -0.39 is 10.0 Å². The van der Waals surface area contributed by atoms with Gasteiger partial charge in [0.25, 0.3) is 0 Å². The van der Waals surface area contributed by atoms with Crippen LogP contribution in [0.3, 0.4) is 0 Å². The first-order valence-corrected chi connectivity index (χ1v) is 9.07. The molecular formula is C16H28N2O2S. The summed E-state index contributed by atoms with van der Waals surface area (Å²) in [5.74, 6) is 0.462. The lowest BCUT2D eigenvalue weighted by atomic mass is 10.1. The van der Waals surface area contributed by atoms with E-state index in [1.54, 1.807) is 6.07 Å². The molecular weight excluding hydrogens is 284 g/mol. The Morgan fingerprint density at radius 2 is 1.86 bits per heavy atom. The molecule has 4 nitrogen and oxygen atoms in total. The van der Waals surface area contributed by atoms with Crippen LogP contribution in [0.1, 0.15) is 45.2 Å². The molecule has 21 heavy (non-hydrogen) atoms. The van der Waals surface area contributed by atoms with Crippen LogP contribution in [0.2, 0.25) is 0 Å². The highest BCUT2D eigenvalue weighted by Crippen LogP contribution is 2.18. The summed E-state index contributed by atoms with van der Waals surface area (Å²) in [7, 11) is -3.46. The van der Waals surface area contributed by atoms with Gasteiger partial charge in [0.05, 0.1) is 4.90 Å². The van der Waals surface area contributed by atoms with Gasteiger partial charge in [-0.1, -0.05) is 32.9 Å². The van der Waals surface area contributed by atoms with Crippen LogP contribution >= 0.6 is 0 Å². The zero-order valence-electron chi connectivity index (χ0n) is 13.7. The fraction of sp³-hybridized carbons (Fsp3) is 0.625. The van der Waals surface area contributed by atoms with Crippen molar-refractivity contribution in [2.75, 3.05) is 6.54 Å². The van der Waals surface area contributed by atoms with Crippen LogP contribution in [-0.4, -0.2) is 21.0 Å². The standard InChI is InChI=1S/C16H28N2O2S/c1-6-17-11-15-8-7-13(4)16(10-15)21(19,20)18-14(5)9-12(2)3/h7-8,10,12,14,17-18H,6,9,11H2,1-5H3. The molecule has 1 aromatic rings. The molecule has 0 aliphatic rings. The van der Waals surface area contributed by atoms with Crippen LogP contribution in [0.5, 0.6) is 0 Å². The summed E-state index contributed by atoms with van der Waals surface area (Å²) in [5, 5.41) is 3.21. The third-order valence-corrected chi connectivity index (χ3v) is 5.03. The van der Waals surface area contributed by atoms with Crippen LogP contribution in [0.15, 0.2) is 23.1 Å². The number of hydrogen-bond acceptors (Lipinski definition) is 3. The molecule has 0 amide bonds. The van der Waals surface area contributed by atoms with E-state index >= 15 is 0 Å². The molecule has 1 rings (SSSR count). The monoisotopic (exact) mass is 312 g/mol. The second-order valence-corrected chi connectivity index (χ2v) is 7.71. The van der Waals surface area contributed by atoms with Gasteiger partial charge in [-0.25, -0.2) is 13.1 Å². The Hall–Kier alpha value is -0.910. The SMILES string of the molecule is CCNCc1ccc(C)c(S(=O)(=O)NC(C)CC(C)C)c1. The highest BCUT2D eigenvalue weighted by molar-refractivity contribution is 7.89. The van der Waals surface area contributed by atoms with Gasteiger partial charge in [-0.15, -0.1) is 0 Å². The first-order valence-electron chi connectivity index (χ1n) is 7.58. The zero-order valence-corrected chi connectivity index (χ0v) is 14.5. The van der Waals surface area contributed by atoms with Crippen molar-refractivity contribution in [1.29, 1.82) is 0 Å². The maximum atomic E-state index is 12.5. The molecule has 1 unspecified atom stereocenters. The molecule has 2 N–H and O–H groups in total. The molecule has 0 radical (unpaired) electrons. The molecule has 5 heteroatoms. The lowest BCUT2D eigenvalue weighted by molar-refractivity contribution is 0.482. The number of sulfonamides is 1. The first-order chi connectivity index (χ1) is 9.76. The molecule has 0 aliphatic heterocycles. The Balaban J connectivity index is 2.96. The average Bonchev–Trinajstić information content (AvgIpc) is 2.35. The van der Waals surface area contributed by atoms with Gasteiger partial charge in [-0.3, -0.25) is 0 Å². The molecule has 120 valence electrons. The quantitative estimate of drug-likeness (QED) is 0.776. The lowest BCUT2D eigenvalue weighted by Crippen LogP contribution is -2.34. The van der Waals surface area contributed by atoms with Crippen molar-refractivity contribution in [2.45, 2.75) is 58.5 Å². The van der Waals surface area contributed by atoms with Crippen LogP contribution < -0.4 is 10.0 Å². The third-order valence-electron chi connectivity index (χ3n) is 3.30. The Bertz CT molecular complexity index is 553. The van der Waals surface area contributed by atoms with E-state index in [-0.39, 0.29) is 6.04 Å². The van der Waals surface area contributed by atoms with E-state index in [4.69, 9.17) is 0 Å². The third kappa shape index (κ3) is 5.77. The van der Waals surface area contributed by atoms with Crippen molar-refractivity contribution in [3.8, 4) is 0 Å². The predicted octanol–water partition coefficient (Wildman–Crippen LogP) is 2.82. The normalized spacial score (nSPS) is 13.6. The van der Waals surface area contributed by atoms with Crippen molar-refractivity contribution in [2.24, 2.45) is 5.92 Å². The smallest absolute Gasteiger partial charge is 0.241 e. The van der Waals surface area contributed by atoms with Gasteiger partial charge in [0.1, 0.15) is 0 Å². The topological polar surface area (TPSA) is 58.2 Å². The summed E-state index contributed by atoms with van der Waals surface area (Å²) in [6, 6.07) is 5.54. The van der Waals surface area contributed by atoms with E-state index in [1.165, 1.54) is 0 Å². The van der Waals surface area contributed by atoms with Gasteiger partial charge in [-0.05, 0) is 49.9 Å². The van der Waals surface area contributed by atoms with Crippen molar-refractivity contribution in [1.82, 2.24) is 10.0 Å². The van der Waals surface area contributed by atoms with E-state index in [0.29, 0.717) is 17.4 Å². The van der Waals surface area contributed by atoms with E-state index in [0.717, 1.165) is 24.1 Å². The number of aryl methyl sites for hydroxylation is 1. The van der Waals surface area contributed by atoms with Crippen LogP contribution in [-0.2, 0) is 16.6 Å². The summed E-state index contributed by atoms with van der Waals surface area (Å²) in [4.78, 5) is 0.383. The summed E-state index contributed by atoms with van der Waals surface area (Å²) in [5.41, 5.74) is 1.76. The van der Waals surface area contributed by atoms with Gasteiger partial charge in [0.2, 0.25) is 10.0 Å². The molecule has 0 heterocycles. The van der Waals surface area contributed by atoms with E-state index in [2.05, 4.69) is 23.9 Å². The minimum Gasteiger partial charge on any atom is -0.313 e. The molecule has 0 spiro atoms. The summed E-state index contributed by atoms with van der Waals surface area (Å²) in [6.07, 6.45) is 0.829. The number of benzene rings is 1. The maximum absolute atomic E-state index is 12.5. The molecule has 0 saturated heterocycles. The summed E-state index contributed by atoms with van der Waals surface area (Å²) in [6.45, 7) is 11.5. The van der Waals surface area contributed by atoms with Gasteiger partial charge < -0.3 is 5.32 Å². The van der Waals surface area contributed by atoms with Crippen molar-refractivity contribution >= 4 is 10.0 Å². The molecule has 0 aromatic heterocycles. The molecule has 1 aromatic carbocycles. The van der Waals surface area contributed by atoms with Crippen LogP contribution in [0.25, 0.3) is 0 Å². The van der Waals surface area contributed by atoms with Crippen molar-refractivity contribution < 1.29 is 8.42 Å². The minimum absolute atomic E-state index is 0.0631. The molecule has 0 fully saturated rings.